The molecule has 0 spiro atoms. The monoisotopic (exact) mass is 251 g/mol. The first-order valence-electron chi connectivity index (χ1n) is 4.13. The predicted octanol–water partition coefficient (Wildman–Crippen LogP) is -2.18. The molecule has 0 atom stereocenters. The molecule has 0 saturated heterocycles. The number of nitrogens with zero attached hydrogens (tertiary/aromatic N) is 1. The van der Waals surface area contributed by atoms with Crippen LogP contribution in [0.2, 0.25) is 0 Å². The van der Waals surface area contributed by atoms with E-state index in [2.05, 4.69) is 27.6 Å². The standard InChI is InChI=1S/C9H18NO2.BrH/c1-5-9(11)12-8-7-10(3,4)6-2;/h5H,1,6-8H2,2-4H3;1H/q+1;/p-1. The van der Waals surface area contributed by atoms with Crippen molar-refractivity contribution in [1.29, 1.82) is 0 Å². The Morgan fingerprint density at radius 2 is 2.08 bits per heavy atom. The van der Waals surface area contributed by atoms with Crippen molar-refractivity contribution in [3.63, 3.8) is 0 Å². The number of ether oxygens (including phenoxy) is 1. The zero-order valence-corrected chi connectivity index (χ0v) is 10.1. The van der Waals surface area contributed by atoms with Crippen LogP contribution in [-0.2, 0) is 9.53 Å². The molecule has 0 saturated carbocycles. The molecule has 0 radical (unpaired) electrons. The van der Waals surface area contributed by atoms with Crippen LogP contribution in [0.1, 0.15) is 6.92 Å². The summed E-state index contributed by atoms with van der Waals surface area (Å²) >= 11 is 0. The second kappa shape index (κ2) is 7.09. The fraction of sp³-hybridized carbons (Fsp3) is 0.667. The van der Waals surface area contributed by atoms with Gasteiger partial charge in [0.05, 0.1) is 20.6 Å². The highest BCUT2D eigenvalue weighted by Gasteiger charge is 2.11. The van der Waals surface area contributed by atoms with E-state index in [9.17, 15) is 4.79 Å². The molecule has 0 N–H and O–H groups in total. The Morgan fingerprint density at radius 1 is 1.54 bits per heavy atom. The average molecular weight is 252 g/mol. The SMILES string of the molecule is C=CC(=O)OCC[N+](C)(C)CC.[Br-]. The van der Waals surface area contributed by atoms with E-state index in [0.29, 0.717) is 6.61 Å². The van der Waals surface area contributed by atoms with Crippen molar-refractivity contribution < 1.29 is 31.0 Å². The van der Waals surface area contributed by atoms with Crippen molar-refractivity contribution >= 4 is 5.97 Å². The highest BCUT2D eigenvalue weighted by molar-refractivity contribution is 5.81. The van der Waals surface area contributed by atoms with E-state index in [0.717, 1.165) is 17.6 Å². The van der Waals surface area contributed by atoms with Gasteiger partial charge in [-0.25, -0.2) is 4.79 Å². The van der Waals surface area contributed by atoms with Gasteiger partial charge in [0.15, 0.2) is 0 Å². The van der Waals surface area contributed by atoms with Crippen molar-refractivity contribution in [3.05, 3.63) is 12.7 Å². The Labute approximate surface area is 90.7 Å². The minimum atomic E-state index is -0.342. The van der Waals surface area contributed by atoms with E-state index in [-0.39, 0.29) is 23.0 Å². The fourth-order valence-corrected chi connectivity index (χ4v) is 0.610. The van der Waals surface area contributed by atoms with E-state index in [1.807, 2.05) is 0 Å². The summed E-state index contributed by atoms with van der Waals surface area (Å²) in [7, 11) is 4.20. The molecular weight excluding hydrogens is 234 g/mol. The maximum Gasteiger partial charge on any atom is 0.330 e. The van der Waals surface area contributed by atoms with Gasteiger partial charge < -0.3 is 26.2 Å². The van der Waals surface area contributed by atoms with Crippen molar-refractivity contribution in [2.75, 3.05) is 33.8 Å². The van der Waals surface area contributed by atoms with Crippen molar-refractivity contribution in [1.82, 2.24) is 0 Å². The quantitative estimate of drug-likeness (QED) is 0.316. The molecule has 3 nitrogen and oxygen atoms in total. The third-order valence-corrected chi connectivity index (χ3v) is 1.96. The average Bonchev–Trinajstić information content (AvgIpc) is 2.04. The van der Waals surface area contributed by atoms with E-state index >= 15 is 0 Å². The largest absolute Gasteiger partial charge is 1.00 e. The lowest BCUT2D eigenvalue weighted by Gasteiger charge is -2.27. The van der Waals surface area contributed by atoms with Gasteiger partial charge in [-0.3, -0.25) is 0 Å². The number of halogens is 1. The highest BCUT2D eigenvalue weighted by atomic mass is 79.9. The van der Waals surface area contributed by atoms with E-state index < -0.39 is 0 Å². The molecule has 0 rings (SSSR count). The topological polar surface area (TPSA) is 26.3 Å². The number of rotatable bonds is 5. The predicted molar refractivity (Wildman–Crippen MR) is 48.7 cm³/mol. The van der Waals surface area contributed by atoms with Crippen LogP contribution in [0.15, 0.2) is 12.7 Å². The molecule has 0 heterocycles. The van der Waals surface area contributed by atoms with Gasteiger partial charge in [-0.1, -0.05) is 6.58 Å². The van der Waals surface area contributed by atoms with Crippen LogP contribution < -0.4 is 17.0 Å². The number of quaternary nitrogens is 1. The second-order valence-corrected chi connectivity index (χ2v) is 3.35. The molecule has 0 aromatic carbocycles. The first-order chi connectivity index (χ1) is 5.52. The lowest BCUT2D eigenvalue weighted by Crippen LogP contribution is -3.00. The third kappa shape index (κ3) is 7.99. The maximum absolute atomic E-state index is 10.6. The lowest BCUT2D eigenvalue weighted by atomic mass is 10.4. The lowest BCUT2D eigenvalue weighted by molar-refractivity contribution is -0.888. The first kappa shape index (κ1) is 15.1. The molecule has 13 heavy (non-hydrogen) atoms. The van der Waals surface area contributed by atoms with E-state index in [1.54, 1.807) is 0 Å². The van der Waals surface area contributed by atoms with Crippen LogP contribution in [0.25, 0.3) is 0 Å². The van der Waals surface area contributed by atoms with Crippen LogP contribution in [0.5, 0.6) is 0 Å². The molecule has 0 aliphatic heterocycles. The molecular formula is C9H18BrNO2. The summed E-state index contributed by atoms with van der Waals surface area (Å²) in [5, 5.41) is 0. The second-order valence-electron chi connectivity index (χ2n) is 3.35. The van der Waals surface area contributed by atoms with E-state index in [4.69, 9.17) is 4.74 Å². The number of likely N-dealkylation sites (N-methyl/N-ethyl adjacent to an activating group) is 1. The first-order valence-corrected chi connectivity index (χ1v) is 4.13. The fourth-order valence-electron chi connectivity index (χ4n) is 0.610. The summed E-state index contributed by atoms with van der Waals surface area (Å²) in [5.74, 6) is -0.342. The van der Waals surface area contributed by atoms with E-state index in [1.165, 1.54) is 6.08 Å². The van der Waals surface area contributed by atoms with Crippen molar-refractivity contribution in [2.24, 2.45) is 0 Å². The molecule has 0 unspecified atom stereocenters. The molecule has 4 heteroatoms. The molecule has 0 amide bonds. The molecule has 0 fully saturated rings. The zero-order chi connectivity index (χ0) is 9.61. The Kier molecular flexibility index (Phi) is 8.26. The number of esters is 1. The van der Waals surface area contributed by atoms with Crippen LogP contribution in [0, 0.1) is 0 Å². The Balaban J connectivity index is 0. The van der Waals surface area contributed by atoms with Crippen molar-refractivity contribution in [3.8, 4) is 0 Å². The van der Waals surface area contributed by atoms with Gasteiger partial charge in [-0.15, -0.1) is 0 Å². The Morgan fingerprint density at radius 3 is 2.46 bits per heavy atom. The minimum absolute atomic E-state index is 0. The van der Waals surface area contributed by atoms with Gasteiger partial charge >= 0.3 is 5.97 Å². The van der Waals surface area contributed by atoms with Crippen LogP contribution >= 0.6 is 0 Å². The third-order valence-electron chi connectivity index (χ3n) is 1.96. The summed E-state index contributed by atoms with van der Waals surface area (Å²) in [4.78, 5) is 10.6. The molecule has 0 aliphatic carbocycles. The van der Waals surface area contributed by atoms with Crippen LogP contribution in [0.3, 0.4) is 0 Å². The Hall–Kier alpha value is -0.350. The Bertz CT molecular complexity index is 169. The smallest absolute Gasteiger partial charge is 0.330 e. The van der Waals surface area contributed by atoms with Gasteiger partial charge in [-0.05, 0) is 6.92 Å². The van der Waals surface area contributed by atoms with Gasteiger partial charge in [-0.2, -0.15) is 0 Å². The zero-order valence-electron chi connectivity index (χ0n) is 8.55. The van der Waals surface area contributed by atoms with Gasteiger partial charge in [0.2, 0.25) is 0 Å². The molecule has 0 aromatic rings. The maximum atomic E-state index is 10.6. The normalized spacial score (nSPS) is 10.1. The molecule has 0 bridgehead atoms. The summed E-state index contributed by atoms with van der Waals surface area (Å²) in [6.07, 6.45) is 1.19. The summed E-state index contributed by atoms with van der Waals surface area (Å²) in [6.45, 7) is 7.76. The summed E-state index contributed by atoms with van der Waals surface area (Å²) in [5.41, 5.74) is 0. The summed E-state index contributed by atoms with van der Waals surface area (Å²) < 4.78 is 5.72. The number of hydrogen-bond acceptors (Lipinski definition) is 2. The van der Waals surface area contributed by atoms with Gasteiger partial charge in [0, 0.05) is 6.08 Å². The van der Waals surface area contributed by atoms with Crippen molar-refractivity contribution in [2.45, 2.75) is 6.92 Å². The number of hydrogen-bond donors (Lipinski definition) is 0. The number of carbonyl (C=O) groups excluding carboxylic acids is 1. The highest BCUT2D eigenvalue weighted by Crippen LogP contribution is 1.95. The number of carbonyl (C=O) groups is 1. The van der Waals surface area contributed by atoms with Gasteiger partial charge in [0.1, 0.15) is 13.2 Å². The van der Waals surface area contributed by atoms with Gasteiger partial charge in [0.25, 0.3) is 0 Å². The molecule has 78 valence electrons. The molecule has 0 aliphatic rings. The molecule has 0 aromatic heterocycles. The van der Waals surface area contributed by atoms with Crippen LogP contribution in [0.4, 0.5) is 0 Å². The minimum Gasteiger partial charge on any atom is -1.00 e. The summed E-state index contributed by atoms with van der Waals surface area (Å²) in [6, 6.07) is 0. The van der Waals surface area contributed by atoms with Crippen LogP contribution in [-0.4, -0.2) is 44.2 Å².